The average Bonchev–Trinajstić information content (AvgIpc) is 2.66. The molecule has 0 aliphatic carbocycles. The zero-order valence-electron chi connectivity index (χ0n) is 8.75. The molecule has 0 fully saturated rings. The van der Waals surface area contributed by atoms with Crippen LogP contribution in [0.25, 0.3) is 0 Å². The molecular weight excluding hydrogens is 260 g/mol. The molecule has 0 unspecified atom stereocenters. The van der Waals surface area contributed by atoms with E-state index in [0.717, 1.165) is 0 Å². The third kappa shape index (κ3) is 2.71. The topological polar surface area (TPSA) is 102 Å². The maximum absolute atomic E-state index is 11.0. The smallest absolute Gasteiger partial charge is 0.338 e. The monoisotopic (exact) mass is 268 g/mol. The van der Waals surface area contributed by atoms with Gasteiger partial charge in [-0.1, -0.05) is 0 Å². The summed E-state index contributed by atoms with van der Waals surface area (Å²) in [6.45, 7) is 1.77. The predicted molar refractivity (Wildman–Crippen MR) is 64.4 cm³/mol. The van der Waals surface area contributed by atoms with Gasteiger partial charge in [-0.3, -0.25) is 0 Å². The first-order chi connectivity index (χ1) is 8.06. The van der Waals surface area contributed by atoms with Crippen LogP contribution in [0.2, 0.25) is 0 Å². The number of nitrogen functional groups attached to an aromatic ring is 1. The van der Waals surface area contributed by atoms with E-state index < -0.39 is 5.97 Å². The molecule has 17 heavy (non-hydrogen) atoms. The zero-order chi connectivity index (χ0) is 12.4. The van der Waals surface area contributed by atoms with Crippen molar-refractivity contribution in [3.63, 3.8) is 0 Å². The van der Waals surface area contributed by atoms with Crippen molar-refractivity contribution in [2.24, 2.45) is 0 Å². The number of aromatic nitrogens is 3. The Morgan fingerprint density at radius 3 is 2.94 bits per heavy atom. The van der Waals surface area contributed by atoms with Crippen LogP contribution in [0, 0.1) is 6.92 Å². The van der Waals surface area contributed by atoms with Gasteiger partial charge in [-0.25, -0.2) is 14.8 Å². The Kier molecular flexibility index (Phi) is 3.25. The maximum Gasteiger partial charge on any atom is 0.338 e. The maximum atomic E-state index is 11.0. The molecule has 88 valence electrons. The first-order valence-electron chi connectivity index (χ1n) is 4.53. The molecule has 2 aromatic heterocycles. The normalized spacial score (nSPS) is 10.4. The number of rotatable bonds is 3. The number of pyridine rings is 1. The van der Waals surface area contributed by atoms with Crippen molar-refractivity contribution < 1.29 is 9.90 Å². The fourth-order valence-electron chi connectivity index (χ4n) is 1.11. The van der Waals surface area contributed by atoms with Crippen LogP contribution >= 0.6 is 23.3 Å². The third-order valence-electron chi connectivity index (χ3n) is 1.80. The van der Waals surface area contributed by atoms with Gasteiger partial charge < -0.3 is 10.8 Å². The lowest BCUT2D eigenvalue weighted by Crippen LogP contribution is -2.02. The van der Waals surface area contributed by atoms with E-state index in [1.807, 2.05) is 0 Å². The lowest BCUT2D eigenvalue weighted by molar-refractivity contribution is 0.0692. The molecule has 0 aliphatic heterocycles. The molecule has 0 amide bonds. The number of carboxylic acid groups (broad SMARTS) is 1. The molecule has 0 spiro atoms. The van der Waals surface area contributed by atoms with E-state index in [2.05, 4.69) is 14.3 Å². The van der Waals surface area contributed by atoms with Crippen molar-refractivity contribution in [1.82, 2.24) is 14.3 Å². The molecule has 2 rings (SSSR count). The minimum absolute atomic E-state index is 0.0721. The molecule has 0 radical (unpaired) electrons. The summed E-state index contributed by atoms with van der Waals surface area (Å²) in [6.07, 6.45) is 1.42. The van der Waals surface area contributed by atoms with Gasteiger partial charge in [0.05, 0.1) is 17.4 Å². The number of carboxylic acids is 1. The molecule has 0 bridgehead atoms. The van der Waals surface area contributed by atoms with Crippen LogP contribution in [0.4, 0.5) is 5.69 Å². The van der Waals surface area contributed by atoms with Crippen LogP contribution in [-0.2, 0) is 0 Å². The Balaban J connectivity index is 2.35. The zero-order valence-corrected chi connectivity index (χ0v) is 10.4. The van der Waals surface area contributed by atoms with Gasteiger partial charge in [0.25, 0.3) is 0 Å². The molecule has 6 nitrogen and oxygen atoms in total. The van der Waals surface area contributed by atoms with Gasteiger partial charge in [-0.2, -0.15) is 4.37 Å². The number of nitrogens with zero attached hydrogens (tertiary/aromatic N) is 3. The second-order valence-electron chi connectivity index (χ2n) is 3.14. The molecule has 2 aromatic rings. The quantitative estimate of drug-likeness (QED) is 0.872. The van der Waals surface area contributed by atoms with Crippen molar-refractivity contribution >= 4 is 35.0 Å². The lowest BCUT2D eigenvalue weighted by atomic mass is 10.3. The summed E-state index contributed by atoms with van der Waals surface area (Å²) in [5.74, 6) is -0.404. The van der Waals surface area contributed by atoms with Gasteiger partial charge in [-0.15, -0.1) is 0 Å². The van der Waals surface area contributed by atoms with Gasteiger partial charge in [0.2, 0.25) is 0 Å². The van der Waals surface area contributed by atoms with E-state index in [0.29, 0.717) is 20.9 Å². The third-order valence-corrected chi connectivity index (χ3v) is 3.66. The second kappa shape index (κ2) is 4.68. The first-order valence-corrected chi connectivity index (χ1v) is 6.12. The van der Waals surface area contributed by atoms with Crippen molar-refractivity contribution in [2.45, 2.75) is 16.3 Å². The lowest BCUT2D eigenvalue weighted by Gasteiger charge is -2.02. The number of nitrogens with two attached hydrogens (primary N) is 1. The SMILES string of the molecule is Cc1nsc(Sc2ncc(N)cc2C(=O)O)n1. The minimum Gasteiger partial charge on any atom is -0.478 e. The number of aromatic carboxylic acids is 1. The highest BCUT2D eigenvalue weighted by atomic mass is 32.2. The van der Waals surface area contributed by atoms with Crippen molar-refractivity contribution in [3.05, 3.63) is 23.7 Å². The average molecular weight is 268 g/mol. The van der Waals surface area contributed by atoms with Gasteiger partial charge in [0.15, 0.2) is 4.34 Å². The first kappa shape index (κ1) is 11.8. The number of aryl methyl sites for hydroxylation is 1. The number of hydrogen-bond acceptors (Lipinski definition) is 7. The minimum atomic E-state index is -1.06. The molecular formula is C9H8N4O2S2. The molecule has 3 N–H and O–H groups in total. The van der Waals surface area contributed by atoms with Crippen LogP contribution in [0.15, 0.2) is 21.6 Å². The highest BCUT2D eigenvalue weighted by molar-refractivity contribution is 8.01. The number of anilines is 1. The standard InChI is InChI=1S/C9H8N4O2S2/c1-4-12-9(17-13-4)16-7-6(8(14)15)2-5(10)3-11-7/h2-3H,10H2,1H3,(H,14,15). The molecule has 8 heteroatoms. The van der Waals surface area contributed by atoms with Gasteiger partial charge in [0.1, 0.15) is 10.9 Å². The molecule has 0 aromatic carbocycles. The fraction of sp³-hybridized carbons (Fsp3) is 0.111. The van der Waals surface area contributed by atoms with E-state index in [1.165, 1.54) is 35.6 Å². The Morgan fingerprint density at radius 2 is 2.35 bits per heavy atom. The van der Waals surface area contributed by atoms with Crippen LogP contribution in [0.1, 0.15) is 16.2 Å². The summed E-state index contributed by atoms with van der Waals surface area (Å²) in [5, 5.41) is 9.40. The molecule has 0 saturated carbocycles. The molecule has 0 saturated heterocycles. The second-order valence-corrected chi connectivity index (χ2v) is 5.12. The Labute approximate surface area is 105 Å². The van der Waals surface area contributed by atoms with Gasteiger partial charge in [-0.05, 0) is 36.3 Å². The van der Waals surface area contributed by atoms with Crippen LogP contribution in [0.5, 0.6) is 0 Å². The highest BCUT2D eigenvalue weighted by Gasteiger charge is 2.15. The van der Waals surface area contributed by atoms with E-state index in [9.17, 15) is 4.79 Å². The Bertz CT molecular complexity index is 570. The van der Waals surface area contributed by atoms with Crippen molar-refractivity contribution in [3.8, 4) is 0 Å². The number of hydrogen-bond donors (Lipinski definition) is 2. The Morgan fingerprint density at radius 1 is 1.59 bits per heavy atom. The van der Waals surface area contributed by atoms with Gasteiger partial charge >= 0.3 is 5.97 Å². The van der Waals surface area contributed by atoms with Crippen LogP contribution in [0.3, 0.4) is 0 Å². The molecule has 2 heterocycles. The summed E-state index contributed by atoms with van der Waals surface area (Å²) in [4.78, 5) is 19.2. The summed E-state index contributed by atoms with van der Waals surface area (Å²) in [5.41, 5.74) is 5.89. The number of carbonyl (C=O) groups is 1. The molecule has 0 aliphatic rings. The summed E-state index contributed by atoms with van der Waals surface area (Å²) < 4.78 is 4.67. The largest absolute Gasteiger partial charge is 0.478 e. The van der Waals surface area contributed by atoms with Crippen LogP contribution < -0.4 is 5.73 Å². The predicted octanol–water partition coefficient (Wildman–Crippen LogP) is 1.67. The summed E-state index contributed by atoms with van der Waals surface area (Å²) in [6, 6.07) is 1.38. The van der Waals surface area contributed by atoms with Crippen molar-refractivity contribution in [1.29, 1.82) is 0 Å². The van der Waals surface area contributed by atoms with E-state index in [4.69, 9.17) is 10.8 Å². The fourth-order valence-corrected chi connectivity index (χ4v) is 2.73. The van der Waals surface area contributed by atoms with E-state index in [1.54, 1.807) is 6.92 Å². The molecule has 0 atom stereocenters. The Hall–Kier alpha value is -1.67. The summed E-state index contributed by atoms with van der Waals surface area (Å²) in [7, 11) is 0. The van der Waals surface area contributed by atoms with Crippen molar-refractivity contribution in [2.75, 3.05) is 5.73 Å². The van der Waals surface area contributed by atoms with E-state index >= 15 is 0 Å². The van der Waals surface area contributed by atoms with E-state index in [-0.39, 0.29) is 5.56 Å². The van der Waals surface area contributed by atoms with Gasteiger partial charge in [0, 0.05) is 0 Å². The highest BCUT2D eigenvalue weighted by Crippen LogP contribution is 2.30. The summed E-state index contributed by atoms with van der Waals surface area (Å²) >= 11 is 2.38. The van der Waals surface area contributed by atoms with Crippen LogP contribution in [-0.4, -0.2) is 25.4 Å².